The van der Waals surface area contributed by atoms with E-state index < -0.39 is 0 Å². The second-order valence-electron chi connectivity index (χ2n) is 6.60. The SMILES string of the molecule is CCCCOc1ccc(OCc2ccccc2)c(C(=O)Cc2cccnc2)c1. The van der Waals surface area contributed by atoms with E-state index in [4.69, 9.17) is 9.47 Å². The third-order valence-corrected chi connectivity index (χ3v) is 4.34. The van der Waals surface area contributed by atoms with Crippen LogP contribution in [0.4, 0.5) is 0 Å². The van der Waals surface area contributed by atoms with E-state index in [1.807, 2.05) is 54.6 Å². The standard InChI is InChI=1S/C24H25NO3/c1-2-3-14-27-21-11-12-24(28-18-19-8-5-4-6-9-19)22(16-21)23(26)15-20-10-7-13-25-17-20/h4-13,16-17H,2-3,14-15,18H2,1H3. The van der Waals surface area contributed by atoms with Crippen LogP contribution in [0.5, 0.6) is 11.5 Å². The molecule has 0 atom stereocenters. The molecule has 0 fully saturated rings. The van der Waals surface area contributed by atoms with Gasteiger partial charge in [0.05, 0.1) is 12.2 Å². The first kappa shape index (κ1) is 19.6. The van der Waals surface area contributed by atoms with Gasteiger partial charge in [0.25, 0.3) is 0 Å². The number of carbonyl (C=O) groups excluding carboxylic acids is 1. The Balaban J connectivity index is 1.79. The molecule has 4 heteroatoms. The van der Waals surface area contributed by atoms with Crippen LogP contribution in [0.15, 0.2) is 73.1 Å². The number of Topliss-reactive ketones (excluding diaryl/α,β-unsaturated/α-hetero) is 1. The number of hydrogen-bond acceptors (Lipinski definition) is 4. The number of ether oxygens (including phenoxy) is 2. The Morgan fingerprint density at radius 3 is 2.54 bits per heavy atom. The van der Waals surface area contributed by atoms with Crippen LogP contribution in [0.2, 0.25) is 0 Å². The van der Waals surface area contributed by atoms with E-state index in [0.717, 1.165) is 24.0 Å². The van der Waals surface area contributed by atoms with E-state index in [0.29, 0.717) is 30.3 Å². The Labute approximate surface area is 166 Å². The first-order chi connectivity index (χ1) is 13.8. The molecule has 4 nitrogen and oxygen atoms in total. The van der Waals surface area contributed by atoms with E-state index in [2.05, 4.69) is 11.9 Å². The monoisotopic (exact) mass is 375 g/mol. The quantitative estimate of drug-likeness (QED) is 0.358. The van der Waals surface area contributed by atoms with Crippen LogP contribution in [0, 0.1) is 0 Å². The smallest absolute Gasteiger partial charge is 0.171 e. The summed E-state index contributed by atoms with van der Waals surface area (Å²) in [5.74, 6) is 1.24. The van der Waals surface area contributed by atoms with Crippen molar-refractivity contribution in [2.45, 2.75) is 32.8 Å². The van der Waals surface area contributed by atoms with E-state index in [-0.39, 0.29) is 12.2 Å². The van der Waals surface area contributed by atoms with Crippen LogP contribution in [0.1, 0.15) is 41.3 Å². The van der Waals surface area contributed by atoms with Crippen molar-refractivity contribution in [2.75, 3.05) is 6.61 Å². The molecule has 0 unspecified atom stereocenters. The van der Waals surface area contributed by atoms with Crippen molar-refractivity contribution in [1.82, 2.24) is 4.98 Å². The average molecular weight is 375 g/mol. The number of carbonyl (C=O) groups is 1. The second-order valence-corrected chi connectivity index (χ2v) is 6.60. The van der Waals surface area contributed by atoms with E-state index in [1.54, 1.807) is 18.5 Å². The average Bonchev–Trinajstić information content (AvgIpc) is 2.74. The lowest BCUT2D eigenvalue weighted by Gasteiger charge is -2.13. The topological polar surface area (TPSA) is 48.4 Å². The Bertz CT molecular complexity index is 879. The molecule has 0 saturated heterocycles. The predicted molar refractivity (Wildman–Crippen MR) is 110 cm³/mol. The van der Waals surface area contributed by atoms with Crippen molar-refractivity contribution in [3.63, 3.8) is 0 Å². The lowest BCUT2D eigenvalue weighted by molar-refractivity contribution is 0.0988. The third kappa shape index (κ3) is 5.68. The molecule has 0 bridgehead atoms. The normalized spacial score (nSPS) is 10.5. The van der Waals surface area contributed by atoms with Gasteiger partial charge in [-0.2, -0.15) is 0 Å². The minimum absolute atomic E-state index is 0.0167. The lowest BCUT2D eigenvalue weighted by Crippen LogP contribution is -2.08. The maximum absolute atomic E-state index is 13.0. The Kier molecular flexibility index (Phi) is 7.19. The number of aromatic nitrogens is 1. The maximum atomic E-state index is 13.0. The van der Waals surface area contributed by atoms with Gasteiger partial charge in [0, 0.05) is 18.8 Å². The molecular formula is C24H25NO3. The van der Waals surface area contributed by atoms with Crippen molar-refractivity contribution in [3.05, 3.63) is 89.7 Å². The van der Waals surface area contributed by atoms with Crippen molar-refractivity contribution < 1.29 is 14.3 Å². The largest absolute Gasteiger partial charge is 0.494 e. The minimum atomic E-state index is -0.0167. The fraction of sp³-hybridized carbons (Fsp3) is 0.250. The van der Waals surface area contributed by atoms with Gasteiger partial charge in [-0.15, -0.1) is 0 Å². The van der Waals surface area contributed by atoms with Crippen LogP contribution >= 0.6 is 0 Å². The minimum Gasteiger partial charge on any atom is -0.494 e. The molecule has 0 amide bonds. The summed E-state index contributed by atoms with van der Waals surface area (Å²) >= 11 is 0. The summed E-state index contributed by atoms with van der Waals surface area (Å²) in [4.78, 5) is 17.1. The molecule has 0 aliphatic rings. The van der Waals surface area contributed by atoms with E-state index in [9.17, 15) is 4.79 Å². The molecule has 0 aliphatic carbocycles. The summed E-state index contributed by atoms with van der Waals surface area (Å²) in [5.41, 5.74) is 2.46. The molecule has 0 saturated carbocycles. The molecule has 3 aromatic rings. The number of ketones is 1. The van der Waals surface area contributed by atoms with Crippen LogP contribution in [0.25, 0.3) is 0 Å². The van der Waals surface area contributed by atoms with Crippen LogP contribution in [-0.4, -0.2) is 17.4 Å². The Morgan fingerprint density at radius 1 is 0.964 bits per heavy atom. The molecule has 1 heterocycles. The molecule has 144 valence electrons. The van der Waals surface area contributed by atoms with Crippen LogP contribution in [0.3, 0.4) is 0 Å². The van der Waals surface area contributed by atoms with Gasteiger partial charge in [0.2, 0.25) is 0 Å². The first-order valence-corrected chi connectivity index (χ1v) is 9.62. The second kappa shape index (κ2) is 10.3. The van der Waals surface area contributed by atoms with Crippen molar-refractivity contribution >= 4 is 5.78 Å². The summed E-state index contributed by atoms with van der Waals surface area (Å²) in [6, 6.07) is 19.1. The number of unbranched alkanes of at least 4 members (excludes halogenated alkanes) is 1. The highest BCUT2D eigenvalue weighted by molar-refractivity contribution is 6.00. The van der Waals surface area contributed by atoms with Gasteiger partial charge in [0.15, 0.2) is 5.78 Å². The van der Waals surface area contributed by atoms with Gasteiger partial charge in [-0.1, -0.05) is 49.7 Å². The number of benzene rings is 2. The van der Waals surface area contributed by atoms with Gasteiger partial charge in [-0.3, -0.25) is 9.78 Å². The number of rotatable bonds is 10. The highest BCUT2D eigenvalue weighted by atomic mass is 16.5. The Hall–Kier alpha value is -3.14. The summed E-state index contributed by atoms with van der Waals surface area (Å²) in [7, 11) is 0. The van der Waals surface area contributed by atoms with E-state index in [1.165, 1.54) is 0 Å². The fourth-order valence-electron chi connectivity index (χ4n) is 2.80. The fourth-order valence-corrected chi connectivity index (χ4v) is 2.80. The van der Waals surface area contributed by atoms with Crippen LogP contribution < -0.4 is 9.47 Å². The van der Waals surface area contributed by atoms with Gasteiger partial charge in [0.1, 0.15) is 18.1 Å². The summed E-state index contributed by atoms with van der Waals surface area (Å²) in [6.07, 6.45) is 5.72. The molecular weight excluding hydrogens is 350 g/mol. The van der Waals surface area contributed by atoms with Crippen molar-refractivity contribution in [3.8, 4) is 11.5 Å². The predicted octanol–water partition coefficient (Wildman–Crippen LogP) is 5.26. The molecule has 1 aromatic heterocycles. The van der Waals surface area contributed by atoms with Gasteiger partial charge in [-0.25, -0.2) is 0 Å². The lowest BCUT2D eigenvalue weighted by atomic mass is 10.0. The molecule has 2 aromatic carbocycles. The molecule has 0 aliphatic heterocycles. The van der Waals surface area contributed by atoms with Crippen molar-refractivity contribution in [2.24, 2.45) is 0 Å². The van der Waals surface area contributed by atoms with Crippen LogP contribution in [-0.2, 0) is 13.0 Å². The molecule has 0 N–H and O–H groups in total. The number of nitrogens with zero attached hydrogens (tertiary/aromatic N) is 1. The summed E-state index contributed by atoms with van der Waals surface area (Å²) in [6.45, 7) is 3.16. The third-order valence-electron chi connectivity index (χ3n) is 4.34. The van der Waals surface area contributed by atoms with E-state index >= 15 is 0 Å². The molecule has 3 rings (SSSR count). The zero-order valence-corrected chi connectivity index (χ0v) is 16.1. The zero-order chi connectivity index (χ0) is 19.6. The number of hydrogen-bond donors (Lipinski definition) is 0. The zero-order valence-electron chi connectivity index (χ0n) is 16.1. The molecule has 28 heavy (non-hydrogen) atoms. The van der Waals surface area contributed by atoms with Gasteiger partial charge < -0.3 is 9.47 Å². The first-order valence-electron chi connectivity index (χ1n) is 9.62. The number of pyridine rings is 1. The Morgan fingerprint density at radius 2 is 1.79 bits per heavy atom. The molecule has 0 radical (unpaired) electrons. The highest BCUT2D eigenvalue weighted by Gasteiger charge is 2.15. The summed E-state index contributed by atoms with van der Waals surface area (Å²) in [5, 5.41) is 0. The molecule has 0 spiro atoms. The van der Waals surface area contributed by atoms with Gasteiger partial charge in [-0.05, 0) is 41.8 Å². The highest BCUT2D eigenvalue weighted by Crippen LogP contribution is 2.27. The maximum Gasteiger partial charge on any atom is 0.171 e. The van der Waals surface area contributed by atoms with Crippen molar-refractivity contribution in [1.29, 1.82) is 0 Å². The van der Waals surface area contributed by atoms with Gasteiger partial charge >= 0.3 is 0 Å². The summed E-state index contributed by atoms with van der Waals surface area (Å²) < 4.78 is 11.8.